The van der Waals surface area contributed by atoms with Crippen molar-refractivity contribution in [3.05, 3.63) is 122 Å². The first-order valence-electron chi connectivity index (χ1n) is 22.0. The number of aliphatic carboxylic acids is 2. The number of phenolic OH excluding ortho intramolecular Hbond substituents is 1. The van der Waals surface area contributed by atoms with Gasteiger partial charge in [-0.05, 0) is 120 Å². The molecule has 4 atom stereocenters. The lowest BCUT2D eigenvalue weighted by atomic mass is 9.60. The van der Waals surface area contributed by atoms with Crippen molar-refractivity contribution in [2.75, 3.05) is 0 Å². The zero-order chi connectivity index (χ0) is 48.0. The summed E-state index contributed by atoms with van der Waals surface area (Å²) in [7, 11) is 0. The molecule has 3 heterocycles. The molecule has 4 unspecified atom stereocenters. The zero-order valence-electron chi connectivity index (χ0n) is 38.9. The summed E-state index contributed by atoms with van der Waals surface area (Å²) in [5.74, 6) is -4.76. The zero-order valence-corrected chi connectivity index (χ0v) is 38.9. The van der Waals surface area contributed by atoms with E-state index in [9.17, 15) is 44.4 Å². The quantitative estimate of drug-likeness (QED) is 0.0949. The predicted octanol–water partition coefficient (Wildman–Crippen LogP) is 10.6. The second-order valence-corrected chi connectivity index (χ2v) is 19.0. The molecule has 1 fully saturated rings. The second kappa shape index (κ2) is 18.0. The molecule has 65 heavy (non-hydrogen) atoms. The van der Waals surface area contributed by atoms with Crippen LogP contribution in [0.4, 0.5) is 0 Å². The Kier molecular flexibility index (Phi) is 13.3. The maximum atomic E-state index is 14.7. The predicted molar refractivity (Wildman–Crippen MR) is 247 cm³/mol. The van der Waals surface area contributed by atoms with Gasteiger partial charge in [-0.2, -0.15) is 0 Å². The van der Waals surface area contributed by atoms with Crippen LogP contribution in [0.25, 0.3) is 11.8 Å². The van der Waals surface area contributed by atoms with Gasteiger partial charge in [0, 0.05) is 45.7 Å². The summed E-state index contributed by atoms with van der Waals surface area (Å²) in [4.78, 5) is 63.9. The van der Waals surface area contributed by atoms with Crippen LogP contribution in [0.1, 0.15) is 145 Å². The van der Waals surface area contributed by atoms with Gasteiger partial charge < -0.3 is 34.6 Å². The number of carboxylic acids is 2. The molecular formula is C53H60O12. The van der Waals surface area contributed by atoms with Gasteiger partial charge in [0.2, 0.25) is 17.2 Å². The van der Waals surface area contributed by atoms with Crippen molar-refractivity contribution in [2.45, 2.75) is 137 Å². The minimum absolute atomic E-state index is 0.0407. The number of hydrogen-bond acceptors (Lipinski definition) is 10. The van der Waals surface area contributed by atoms with E-state index in [1.165, 1.54) is 18.6 Å². The van der Waals surface area contributed by atoms with Gasteiger partial charge >= 0.3 is 11.9 Å². The first-order chi connectivity index (χ1) is 30.4. The summed E-state index contributed by atoms with van der Waals surface area (Å²) >= 11 is 0. The van der Waals surface area contributed by atoms with Gasteiger partial charge in [-0.15, -0.1) is 0 Å². The van der Waals surface area contributed by atoms with E-state index in [0.717, 1.165) is 17.6 Å². The van der Waals surface area contributed by atoms with Crippen LogP contribution in [0.3, 0.4) is 0 Å². The van der Waals surface area contributed by atoms with Gasteiger partial charge in [0.05, 0.1) is 11.2 Å². The van der Waals surface area contributed by atoms with E-state index in [1.807, 2.05) is 66.7 Å². The molecule has 1 saturated heterocycles. The number of fused-ring (bicyclic) bond motifs is 3. The topological polar surface area (TPSA) is 194 Å². The van der Waals surface area contributed by atoms with Crippen LogP contribution in [-0.4, -0.2) is 72.1 Å². The number of carbonyl (C=O) groups excluding carboxylic acids is 3. The van der Waals surface area contributed by atoms with Crippen molar-refractivity contribution in [3.8, 4) is 17.2 Å². The SMILES string of the molecule is CC(C)=CCC1=C(O)c2ccccc2C(=O)C1=O.CC(C)=CCCC1(C)C=Cc2c(O)c3c(c(CC=C(C)C)c2O1)OC12C(=CCCC1C(C)(C)OC2(CC=C(C)C(=O)O)C(=O)O)C3=O. The summed E-state index contributed by atoms with van der Waals surface area (Å²) in [6.07, 6.45) is 15.2. The fourth-order valence-electron chi connectivity index (χ4n) is 9.58. The number of hydrogen-bond donors (Lipinski definition) is 4. The molecular weight excluding hydrogens is 829 g/mol. The highest BCUT2D eigenvalue weighted by molar-refractivity contribution is 6.52. The Hall–Kier alpha value is -6.27. The molecule has 0 bridgehead atoms. The smallest absolute Gasteiger partial charge is 0.340 e. The molecule has 0 aromatic heterocycles. The van der Waals surface area contributed by atoms with Crippen molar-refractivity contribution in [1.29, 1.82) is 0 Å². The largest absolute Gasteiger partial charge is 0.507 e. The van der Waals surface area contributed by atoms with Crippen LogP contribution in [-0.2, 0) is 25.5 Å². The highest BCUT2D eigenvalue weighted by Crippen LogP contribution is 2.64. The second-order valence-electron chi connectivity index (χ2n) is 19.0. The van der Waals surface area contributed by atoms with E-state index in [0.29, 0.717) is 48.1 Å². The highest BCUT2D eigenvalue weighted by atomic mass is 16.6. The molecule has 2 aromatic carbocycles. The number of aromatic hydroxyl groups is 1. The first kappa shape index (κ1) is 48.2. The number of ketones is 3. The van der Waals surface area contributed by atoms with Gasteiger partial charge in [-0.25, -0.2) is 9.59 Å². The molecule has 1 spiro atoms. The Labute approximate surface area is 380 Å². The van der Waals surface area contributed by atoms with Crippen LogP contribution >= 0.6 is 0 Å². The lowest BCUT2D eigenvalue weighted by molar-refractivity contribution is -0.184. The third kappa shape index (κ3) is 8.56. The fraction of sp³-hybridized carbons (Fsp3) is 0.415. The number of carbonyl (C=O) groups is 5. The molecule has 7 rings (SSSR count). The van der Waals surface area contributed by atoms with Crippen molar-refractivity contribution >= 4 is 41.1 Å². The Morgan fingerprint density at radius 3 is 2.03 bits per heavy atom. The van der Waals surface area contributed by atoms with Crippen LogP contribution in [0, 0.1) is 5.92 Å². The molecule has 0 radical (unpaired) electrons. The van der Waals surface area contributed by atoms with Gasteiger partial charge in [-0.3, -0.25) is 14.4 Å². The summed E-state index contributed by atoms with van der Waals surface area (Å²) in [6.45, 7) is 18.7. The Morgan fingerprint density at radius 2 is 1.42 bits per heavy atom. The number of phenols is 1. The average Bonchev–Trinajstić information content (AvgIpc) is 3.44. The van der Waals surface area contributed by atoms with E-state index in [-0.39, 0.29) is 57.9 Å². The van der Waals surface area contributed by atoms with Crippen LogP contribution < -0.4 is 9.47 Å². The number of carboxylic acid groups (broad SMARTS) is 2. The van der Waals surface area contributed by atoms with Crippen LogP contribution in [0.2, 0.25) is 0 Å². The molecule has 12 nitrogen and oxygen atoms in total. The number of rotatable bonds is 11. The number of Topliss-reactive ketones (excluding diaryl/α,β-unsaturated/α-hetero) is 3. The van der Waals surface area contributed by atoms with E-state index in [1.54, 1.807) is 50.3 Å². The number of allylic oxidation sites excluding steroid dienone is 8. The minimum Gasteiger partial charge on any atom is -0.507 e. The molecule has 2 aromatic rings. The number of benzene rings is 2. The van der Waals surface area contributed by atoms with E-state index < -0.39 is 57.6 Å². The highest BCUT2D eigenvalue weighted by Gasteiger charge is 2.77. The lowest BCUT2D eigenvalue weighted by Gasteiger charge is -2.50. The average molecular weight is 889 g/mol. The summed E-state index contributed by atoms with van der Waals surface area (Å²) < 4.78 is 20.2. The Morgan fingerprint density at radius 1 is 0.785 bits per heavy atom. The first-order valence-corrected chi connectivity index (χ1v) is 22.0. The molecule has 0 saturated carbocycles. The Bertz CT molecular complexity index is 2600. The van der Waals surface area contributed by atoms with Crippen LogP contribution in [0.5, 0.6) is 17.2 Å². The molecule has 12 heteroatoms. The van der Waals surface area contributed by atoms with Crippen molar-refractivity contribution in [2.24, 2.45) is 5.92 Å². The third-order valence-electron chi connectivity index (χ3n) is 12.9. The minimum atomic E-state index is -2.16. The van der Waals surface area contributed by atoms with Gasteiger partial charge in [0.1, 0.15) is 34.2 Å². The monoisotopic (exact) mass is 888 g/mol. The fourth-order valence-corrected chi connectivity index (χ4v) is 9.58. The number of ether oxygens (including phenoxy) is 3. The summed E-state index contributed by atoms with van der Waals surface area (Å²) in [5.41, 5.74) is -0.729. The maximum Gasteiger partial charge on any atom is 0.340 e. The molecule has 344 valence electrons. The van der Waals surface area contributed by atoms with Crippen LogP contribution in [0.15, 0.2) is 94.2 Å². The third-order valence-corrected chi connectivity index (χ3v) is 12.9. The van der Waals surface area contributed by atoms with E-state index >= 15 is 0 Å². The maximum absolute atomic E-state index is 14.7. The molecule has 0 amide bonds. The van der Waals surface area contributed by atoms with Crippen molar-refractivity contribution < 1.29 is 58.6 Å². The number of aliphatic hydroxyl groups excluding tert-OH is 1. The molecule has 5 aliphatic rings. The van der Waals surface area contributed by atoms with Gasteiger partial charge in [-0.1, -0.05) is 71.4 Å². The number of aliphatic hydroxyl groups is 1. The van der Waals surface area contributed by atoms with Crippen molar-refractivity contribution in [1.82, 2.24) is 0 Å². The van der Waals surface area contributed by atoms with Gasteiger partial charge in [0.25, 0.3) is 0 Å². The van der Waals surface area contributed by atoms with E-state index in [4.69, 9.17) is 14.2 Å². The summed E-state index contributed by atoms with van der Waals surface area (Å²) in [6, 6.07) is 6.62. The standard InChI is InChI=1S/C38H46O9.C15H14O3/c1-21(2)11-10-18-36(8)19-17-24-29(39)28-30(40)26-12-9-13-27-35(6,7)47-37(34(43)44,20-16-23(5)33(41)42)38(26,27)46-32(28)25(31(24)45-36)15-14-22(3)4;1-9(2)7-8-12-13(16)10-5-3-4-6-11(10)14(17)15(12)18/h11-12,14,16-17,19,27,39H,9-10,13,15,18,20H2,1-8H3,(H,41,42)(H,43,44);3-7,16H,8H2,1-2H3. The van der Waals surface area contributed by atoms with E-state index in [2.05, 4.69) is 6.08 Å². The molecule has 3 aliphatic heterocycles. The van der Waals surface area contributed by atoms with Crippen molar-refractivity contribution in [3.63, 3.8) is 0 Å². The Balaban J connectivity index is 0.000000324. The normalized spacial score (nSPS) is 24.6. The lowest BCUT2D eigenvalue weighted by Crippen LogP contribution is -2.66. The molecule has 4 N–H and O–H groups in total. The molecule has 2 aliphatic carbocycles. The van der Waals surface area contributed by atoms with Gasteiger partial charge in [0.15, 0.2) is 11.4 Å². The summed E-state index contributed by atoms with van der Waals surface area (Å²) in [5, 5.41) is 42.5.